The molecule has 0 spiro atoms. The van der Waals surface area contributed by atoms with Gasteiger partial charge in [0.15, 0.2) is 0 Å². The summed E-state index contributed by atoms with van der Waals surface area (Å²) in [4.78, 5) is 0. The zero-order valence-corrected chi connectivity index (χ0v) is 7.32. The van der Waals surface area contributed by atoms with E-state index in [1.165, 1.54) is 0 Å². The molecule has 0 radical (unpaired) electrons. The van der Waals surface area contributed by atoms with Crippen LogP contribution in [0.3, 0.4) is 0 Å². The fraction of sp³-hybridized carbons (Fsp3) is 1.00. The molecule has 0 unspecified atom stereocenters. The Balaban J connectivity index is 2.69. The SMILES string of the molecule is CNCCNCCNCCN. The minimum absolute atomic E-state index is 0.719. The van der Waals surface area contributed by atoms with Gasteiger partial charge < -0.3 is 21.7 Å². The van der Waals surface area contributed by atoms with Crippen molar-refractivity contribution in [1.82, 2.24) is 16.0 Å². The van der Waals surface area contributed by atoms with Gasteiger partial charge in [0.05, 0.1) is 0 Å². The van der Waals surface area contributed by atoms with E-state index in [0.717, 1.165) is 39.3 Å². The molecule has 0 aromatic heterocycles. The molecule has 4 nitrogen and oxygen atoms in total. The molecule has 0 aromatic carbocycles. The van der Waals surface area contributed by atoms with Crippen molar-refractivity contribution in [1.29, 1.82) is 0 Å². The van der Waals surface area contributed by atoms with Crippen LogP contribution in [-0.2, 0) is 0 Å². The number of likely N-dealkylation sites (N-methyl/N-ethyl adjacent to an activating group) is 1. The molecule has 0 aliphatic rings. The average Bonchev–Trinajstić information content (AvgIpc) is 2.03. The molecule has 5 N–H and O–H groups in total. The van der Waals surface area contributed by atoms with E-state index in [4.69, 9.17) is 5.73 Å². The van der Waals surface area contributed by atoms with E-state index in [1.807, 2.05) is 7.05 Å². The van der Waals surface area contributed by atoms with Crippen LogP contribution in [0, 0.1) is 0 Å². The van der Waals surface area contributed by atoms with E-state index in [9.17, 15) is 0 Å². The molecule has 68 valence electrons. The highest BCUT2D eigenvalue weighted by Gasteiger charge is 1.85. The molecule has 0 aliphatic heterocycles. The van der Waals surface area contributed by atoms with Crippen molar-refractivity contribution >= 4 is 0 Å². The van der Waals surface area contributed by atoms with Gasteiger partial charge in [0.25, 0.3) is 0 Å². The van der Waals surface area contributed by atoms with E-state index >= 15 is 0 Å². The second-order valence-corrected chi connectivity index (χ2v) is 2.39. The van der Waals surface area contributed by atoms with E-state index < -0.39 is 0 Å². The van der Waals surface area contributed by atoms with Crippen molar-refractivity contribution in [2.75, 3.05) is 46.3 Å². The highest BCUT2D eigenvalue weighted by molar-refractivity contribution is 4.52. The van der Waals surface area contributed by atoms with Gasteiger partial charge >= 0.3 is 0 Å². The lowest BCUT2D eigenvalue weighted by molar-refractivity contribution is 0.602. The summed E-state index contributed by atoms with van der Waals surface area (Å²) in [5.74, 6) is 0. The second kappa shape index (κ2) is 9.84. The predicted molar refractivity (Wildman–Crippen MR) is 48.7 cm³/mol. The molecule has 0 saturated carbocycles. The van der Waals surface area contributed by atoms with Crippen molar-refractivity contribution in [2.45, 2.75) is 0 Å². The van der Waals surface area contributed by atoms with Crippen LogP contribution in [0.25, 0.3) is 0 Å². The molecule has 0 atom stereocenters. The van der Waals surface area contributed by atoms with E-state index in [0.29, 0.717) is 0 Å². The third kappa shape index (κ3) is 9.84. The Morgan fingerprint density at radius 1 is 0.909 bits per heavy atom. The van der Waals surface area contributed by atoms with Gasteiger partial charge in [-0.2, -0.15) is 0 Å². The minimum Gasteiger partial charge on any atom is -0.329 e. The molecule has 0 heterocycles. The third-order valence-corrected chi connectivity index (χ3v) is 1.35. The van der Waals surface area contributed by atoms with Gasteiger partial charge in [-0.25, -0.2) is 0 Å². The summed E-state index contributed by atoms with van der Waals surface area (Å²) in [6.45, 7) is 5.70. The molecule has 0 saturated heterocycles. The number of rotatable bonds is 8. The average molecular weight is 160 g/mol. The highest BCUT2D eigenvalue weighted by Crippen LogP contribution is 1.58. The maximum Gasteiger partial charge on any atom is 0.00772 e. The van der Waals surface area contributed by atoms with Gasteiger partial charge in [-0.05, 0) is 7.05 Å². The van der Waals surface area contributed by atoms with Gasteiger partial charge in [-0.1, -0.05) is 0 Å². The maximum absolute atomic E-state index is 5.30. The summed E-state index contributed by atoms with van der Waals surface area (Å²) in [5.41, 5.74) is 5.30. The Kier molecular flexibility index (Phi) is 9.70. The molecule has 0 aromatic rings. The Hall–Kier alpha value is -0.160. The van der Waals surface area contributed by atoms with E-state index in [2.05, 4.69) is 16.0 Å². The van der Waals surface area contributed by atoms with Crippen LogP contribution < -0.4 is 21.7 Å². The summed E-state index contributed by atoms with van der Waals surface area (Å²) in [6.07, 6.45) is 0. The molecular formula is C7H20N4. The first kappa shape index (κ1) is 10.8. The lowest BCUT2D eigenvalue weighted by Crippen LogP contribution is -2.33. The van der Waals surface area contributed by atoms with Crippen molar-refractivity contribution < 1.29 is 0 Å². The summed E-state index contributed by atoms with van der Waals surface area (Å²) in [5, 5.41) is 9.55. The number of hydrogen-bond donors (Lipinski definition) is 4. The molecular weight excluding hydrogens is 140 g/mol. The van der Waals surface area contributed by atoms with E-state index in [-0.39, 0.29) is 0 Å². The minimum atomic E-state index is 0.719. The first-order valence-corrected chi connectivity index (χ1v) is 4.18. The monoisotopic (exact) mass is 160 g/mol. The summed E-state index contributed by atoms with van der Waals surface area (Å²) in [6, 6.07) is 0. The lowest BCUT2D eigenvalue weighted by atomic mass is 10.5. The largest absolute Gasteiger partial charge is 0.329 e. The normalized spacial score (nSPS) is 10.4. The first-order valence-electron chi connectivity index (χ1n) is 4.18. The second-order valence-electron chi connectivity index (χ2n) is 2.39. The van der Waals surface area contributed by atoms with Crippen LogP contribution in [0.15, 0.2) is 0 Å². The van der Waals surface area contributed by atoms with Crippen molar-refractivity contribution in [3.63, 3.8) is 0 Å². The highest BCUT2D eigenvalue weighted by atomic mass is 15.0. The smallest absolute Gasteiger partial charge is 0.00772 e. The third-order valence-electron chi connectivity index (χ3n) is 1.35. The maximum atomic E-state index is 5.30. The van der Waals surface area contributed by atoms with Gasteiger partial charge in [0, 0.05) is 39.3 Å². The topological polar surface area (TPSA) is 62.1 Å². The first-order chi connectivity index (χ1) is 5.41. The van der Waals surface area contributed by atoms with Crippen LogP contribution in [0.5, 0.6) is 0 Å². The summed E-state index contributed by atoms with van der Waals surface area (Å²) >= 11 is 0. The zero-order valence-electron chi connectivity index (χ0n) is 7.32. The van der Waals surface area contributed by atoms with Gasteiger partial charge in [-0.3, -0.25) is 0 Å². The van der Waals surface area contributed by atoms with Crippen molar-refractivity contribution in [2.24, 2.45) is 5.73 Å². The van der Waals surface area contributed by atoms with Crippen LogP contribution in [-0.4, -0.2) is 46.3 Å². The van der Waals surface area contributed by atoms with E-state index in [1.54, 1.807) is 0 Å². The van der Waals surface area contributed by atoms with Crippen molar-refractivity contribution in [3.8, 4) is 0 Å². The fourth-order valence-electron chi connectivity index (χ4n) is 0.742. The fourth-order valence-corrected chi connectivity index (χ4v) is 0.742. The number of nitrogens with one attached hydrogen (secondary N) is 3. The van der Waals surface area contributed by atoms with Crippen LogP contribution in [0.4, 0.5) is 0 Å². The Bertz CT molecular complexity index is 59.5. The van der Waals surface area contributed by atoms with Gasteiger partial charge in [0.2, 0.25) is 0 Å². The molecule has 11 heavy (non-hydrogen) atoms. The zero-order chi connectivity index (χ0) is 8.36. The molecule has 0 amide bonds. The van der Waals surface area contributed by atoms with Crippen LogP contribution >= 0.6 is 0 Å². The summed E-state index contributed by atoms with van der Waals surface area (Å²) in [7, 11) is 1.95. The number of hydrogen-bond acceptors (Lipinski definition) is 4. The standard InChI is InChI=1S/C7H20N4/c1-9-4-5-11-7-6-10-3-2-8/h9-11H,2-8H2,1H3. The summed E-state index contributed by atoms with van der Waals surface area (Å²) < 4.78 is 0. The lowest BCUT2D eigenvalue weighted by Gasteiger charge is -2.04. The van der Waals surface area contributed by atoms with Crippen LogP contribution in [0.1, 0.15) is 0 Å². The van der Waals surface area contributed by atoms with Gasteiger partial charge in [0.1, 0.15) is 0 Å². The molecule has 0 bridgehead atoms. The Morgan fingerprint density at radius 3 is 2.00 bits per heavy atom. The number of nitrogens with two attached hydrogens (primary N) is 1. The van der Waals surface area contributed by atoms with Crippen LogP contribution in [0.2, 0.25) is 0 Å². The molecule has 0 aliphatic carbocycles. The molecule has 4 heteroatoms. The Morgan fingerprint density at radius 2 is 1.45 bits per heavy atom. The quantitative estimate of drug-likeness (QED) is 0.321. The molecule has 0 fully saturated rings. The molecule has 0 rings (SSSR count). The van der Waals surface area contributed by atoms with Crippen molar-refractivity contribution in [3.05, 3.63) is 0 Å². The predicted octanol–water partition coefficient (Wildman–Crippen LogP) is -1.66. The van der Waals surface area contributed by atoms with Gasteiger partial charge in [-0.15, -0.1) is 0 Å². The Labute approximate surface area is 68.9 Å².